The molecule has 0 bridgehead atoms. The zero-order valence-electron chi connectivity index (χ0n) is 23.8. The normalized spacial score (nSPS) is 20.3. The maximum atomic E-state index is 14.6. The van der Waals surface area contributed by atoms with Crippen LogP contribution in [0.2, 0.25) is 0 Å². The number of esters is 1. The van der Waals surface area contributed by atoms with E-state index in [-0.39, 0.29) is 31.0 Å². The molecule has 1 spiro atoms. The van der Waals surface area contributed by atoms with Gasteiger partial charge < -0.3 is 25.8 Å². The number of rotatable bonds is 11. The minimum absolute atomic E-state index is 0.000776. The molecule has 41 heavy (non-hydrogen) atoms. The average molecular weight is 572 g/mol. The van der Waals surface area contributed by atoms with E-state index in [1.165, 1.54) is 19.9 Å². The highest BCUT2D eigenvalue weighted by Gasteiger charge is 2.56. The number of nitrogens with two attached hydrogens (primary N) is 1. The highest BCUT2D eigenvalue weighted by molar-refractivity contribution is 5.95. The Kier molecular flexibility index (Phi) is 9.56. The molecule has 2 aliphatic rings. The van der Waals surface area contributed by atoms with Crippen molar-refractivity contribution in [1.82, 2.24) is 10.6 Å². The summed E-state index contributed by atoms with van der Waals surface area (Å²) in [5.74, 6) is -4.00. The summed E-state index contributed by atoms with van der Waals surface area (Å²) in [6.45, 7) is 5.57. The molecule has 0 aromatic heterocycles. The number of carbonyl (C=O) groups is 3. The van der Waals surface area contributed by atoms with Crippen LogP contribution in [0.15, 0.2) is 42.5 Å². The molecule has 4 rings (SSSR count). The van der Waals surface area contributed by atoms with E-state index in [9.17, 15) is 23.2 Å². The van der Waals surface area contributed by atoms with Crippen molar-refractivity contribution in [2.75, 3.05) is 26.3 Å². The molecule has 1 aliphatic carbocycles. The Morgan fingerprint density at radius 1 is 1.10 bits per heavy atom. The van der Waals surface area contributed by atoms with E-state index >= 15 is 0 Å². The molecule has 8 nitrogen and oxygen atoms in total. The van der Waals surface area contributed by atoms with Gasteiger partial charge in [-0.05, 0) is 70.0 Å². The molecule has 2 aromatic rings. The van der Waals surface area contributed by atoms with Gasteiger partial charge >= 0.3 is 5.97 Å². The van der Waals surface area contributed by atoms with Crippen molar-refractivity contribution < 1.29 is 32.6 Å². The van der Waals surface area contributed by atoms with Gasteiger partial charge in [0.05, 0.1) is 31.8 Å². The van der Waals surface area contributed by atoms with Gasteiger partial charge in [0, 0.05) is 22.8 Å². The molecule has 4 N–H and O–H groups in total. The van der Waals surface area contributed by atoms with Crippen LogP contribution in [0.5, 0.6) is 0 Å². The molecule has 1 saturated heterocycles. The van der Waals surface area contributed by atoms with Gasteiger partial charge in [-0.15, -0.1) is 0 Å². The van der Waals surface area contributed by atoms with Crippen LogP contribution in [-0.4, -0.2) is 55.5 Å². The zero-order chi connectivity index (χ0) is 29.8. The van der Waals surface area contributed by atoms with Crippen LogP contribution < -0.4 is 16.4 Å². The molecule has 1 fully saturated rings. The molecule has 1 amide bonds. The van der Waals surface area contributed by atoms with Crippen LogP contribution in [0.25, 0.3) is 0 Å². The third-order valence-corrected chi connectivity index (χ3v) is 8.22. The van der Waals surface area contributed by atoms with Crippen LogP contribution in [0.4, 0.5) is 8.78 Å². The van der Waals surface area contributed by atoms with Crippen LogP contribution in [-0.2, 0) is 35.9 Å². The van der Waals surface area contributed by atoms with Crippen molar-refractivity contribution in [1.29, 1.82) is 0 Å². The molecular formula is C31H39F2N3O5. The van der Waals surface area contributed by atoms with Gasteiger partial charge in [0.25, 0.3) is 0 Å². The van der Waals surface area contributed by atoms with Gasteiger partial charge in [-0.2, -0.15) is 0 Å². The summed E-state index contributed by atoms with van der Waals surface area (Å²) in [6, 6.07) is 10.1. The second-order valence-electron chi connectivity index (χ2n) is 11.5. The predicted octanol–water partition coefficient (Wildman–Crippen LogP) is 3.26. The predicted molar refractivity (Wildman–Crippen MR) is 149 cm³/mol. The molecule has 2 unspecified atom stereocenters. The Balaban J connectivity index is 1.71. The van der Waals surface area contributed by atoms with Crippen molar-refractivity contribution >= 4 is 17.7 Å². The van der Waals surface area contributed by atoms with Crippen molar-refractivity contribution in [2.45, 2.75) is 69.6 Å². The lowest BCUT2D eigenvalue weighted by atomic mass is 9.64. The lowest BCUT2D eigenvalue weighted by Crippen LogP contribution is -2.58. The maximum Gasteiger partial charge on any atom is 0.306 e. The first-order chi connectivity index (χ1) is 19.5. The first kappa shape index (κ1) is 30.7. The molecule has 1 heterocycles. The fourth-order valence-corrected chi connectivity index (χ4v) is 6.26. The summed E-state index contributed by atoms with van der Waals surface area (Å²) >= 11 is 0. The van der Waals surface area contributed by atoms with E-state index in [0.29, 0.717) is 25.9 Å². The molecule has 10 heteroatoms. The van der Waals surface area contributed by atoms with E-state index in [2.05, 4.69) is 10.6 Å². The Morgan fingerprint density at radius 3 is 2.39 bits per heavy atom. The number of Topliss-reactive ketones (excluding diaryl/α,β-unsaturated/α-hetero) is 1. The first-order valence-corrected chi connectivity index (χ1v) is 14.1. The number of piperidine rings is 1. The number of ether oxygens (including phenoxy) is 2. The number of fused-ring (bicyclic) bond motifs is 2. The van der Waals surface area contributed by atoms with E-state index < -0.39 is 58.9 Å². The Labute approximate surface area is 239 Å². The van der Waals surface area contributed by atoms with E-state index in [0.717, 1.165) is 23.3 Å². The molecule has 2 aromatic carbocycles. The van der Waals surface area contributed by atoms with Crippen molar-refractivity contribution in [3.8, 4) is 0 Å². The lowest BCUT2D eigenvalue weighted by Gasteiger charge is -2.42. The summed E-state index contributed by atoms with van der Waals surface area (Å²) in [4.78, 5) is 40.4. The van der Waals surface area contributed by atoms with E-state index in [1.54, 1.807) is 6.92 Å². The number of nitrogens with one attached hydrogen (secondary N) is 2. The fourth-order valence-electron chi connectivity index (χ4n) is 6.26. The Bertz CT molecular complexity index is 1250. The highest BCUT2D eigenvalue weighted by atomic mass is 19.1. The average Bonchev–Trinajstić information content (AvgIpc) is 3.17. The fraction of sp³-hybridized carbons (Fsp3) is 0.516. The SMILES string of the molecule is CCOC(=O)CC1c2ccccc2C2(CCNCC2)C1C(=O)[C@@H](COCc1c(F)cccc1F)NC(=O)C(C)(C)N. The quantitative estimate of drug-likeness (QED) is 0.354. The Hall–Kier alpha value is -3.21. The smallest absolute Gasteiger partial charge is 0.306 e. The third-order valence-electron chi connectivity index (χ3n) is 8.22. The van der Waals surface area contributed by atoms with Crippen LogP contribution in [0, 0.1) is 17.6 Å². The molecule has 3 atom stereocenters. The van der Waals surface area contributed by atoms with Gasteiger partial charge in [0.2, 0.25) is 5.91 Å². The number of halogens is 2. The summed E-state index contributed by atoms with van der Waals surface area (Å²) in [7, 11) is 0. The summed E-state index contributed by atoms with van der Waals surface area (Å²) in [6.07, 6.45) is 1.31. The minimum atomic E-state index is -1.30. The van der Waals surface area contributed by atoms with Gasteiger partial charge in [-0.25, -0.2) is 8.78 Å². The Morgan fingerprint density at radius 2 is 1.76 bits per heavy atom. The lowest BCUT2D eigenvalue weighted by molar-refractivity contribution is -0.144. The number of benzene rings is 2. The minimum Gasteiger partial charge on any atom is -0.466 e. The summed E-state index contributed by atoms with van der Waals surface area (Å²) in [5, 5.41) is 6.10. The number of ketones is 1. The van der Waals surface area contributed by atoms with Gasteiger partial charge in [0.15, 0.2) is 5.78 Å². The van der Waals surface area contributed by atoms with Gasteiger partial charge in [-0.3, -0.25) is 14.4 Å². The second kappa shape index (κ2) is 12.8. The molecule has 0 radical (unpaired) electrons. The van der Waals surface area contributed by atoms with Gasteiger partial charge in [0.1, 0.15) is 17.7 Å². The molecule has 1 aliphatic heterocycles. The zero-order valence-corrected chi connectivity index (χ0v) is 23.8. The van der Waals surface area contributed by atoms with Crippen molar-refractivity contribution in [3.05, 3.63) is 70.8 Å². The molecular weight excluding hydrogens is 532 g/mol. The van der Waals surface area contributed by atoms with Crippen LogP contribution in [0.1, 0.15) is 62.6 Å². The number of hydrogen-bond acceptors (Lipinski definition) is 7. The van der Waals surface area contributed by atoms with Gasteiger partial charge in [-0.1, -0.05) is 30.3 Å². The number of hydrogen-bond donors (Lipinski definition) is 3. The molecule has 0 saturated carbocycles. The summed E-state index contributed by atoms with van der Waals surface area (Å²) in [5.41, 5.74) is 5.83. The maximum absolute atomic E-state index is 14.6. The van der Waals surface area contributed by atoms with Crippen LogP contribution in [0.3, 0.4) is 0 Å². The van der Waals surface area contributed by atoms with Crippen molar-refractivity contribution in [2.24, 2.45) is 11.7 Å². The number of amides is 1. The monoisotopic (exact) mass is 571 g/mol. The second-order valence-corrected chi connectivity index (χ2v) is 11.5. The topological polar surface area (TPSA) is 120 Å². The third kappa shape index (κ3) is 6.50. The number of carbonyl (C=O) groups excluding carboxylic acids is 3. The highest BCUT2D eigenvalue weighted by Crippen LogP contribution is 2.56. The van der Waals surface area contributed by atoms with E-state index in [4.69, 9.17) is 15.2 Å². The van der Waals surface area contributed by atoms with Crippen LogP contribution >= 0.6 is 0 Å². The standard InChI is InChI=1S/C31H39F2N3O5/c1-4-41-26(37)16-20-19-8-5-6-9-22(19)31(12-14-35-15-13-31)27(20)28(38)25(36-29(39)30(2,3)34)18-40-17-21-23(32)10-7-11-24(21)33/h5-11,20,25,27,35H,4,12-18,34H2,1-3H3,(H,36,39)/t20?,25-,27?/m1/s1. The van der Waals surface area contributed by atoms with Crippen molar-refractivity contribution in [3.63, 3.8) is 0 Å². The first-order valence-electron chi connectivity index (χ1n) is 14.1. The summed E-state index contributed by atoms with van der Waals surface area (Å²) < 4.78 is 39.5. The molecule has 222 valence electrons. The van der Waals surface area contributed by atoms with E-state index in [1.807, 2.05) is 24.3 Å². The largest absolute Gasteiger partial charge is 0.466 e.